The highest BCUT2D eigenvalue weighted by atomic mass is 16.5. The molecule has 0 amide bonds. The number of fused-ring (bicyclic) bond motifs is 1. The minimum absolute atomic E-state index is 0.539. The summed E-state index contributed by atoms with van der Waals surface area (Å²) in [6.07, 6.45) is 4.91. The van der Waals surface area contributed by atoms with Crippen molar-refractivity contribution in [2.75, 3.05) is 38.3 Å². The van der Waals surface area contributed by atoms with Gasteiger partial charge in [-0.25, -0.2) is 0 Å². The molecule has 0 saturated carbocycles. The lowest BCUT2D eigenvalue weighted by Crippen LogP contribution is -2.41. The molecule has 3 nitrogen and oxygen atoms in total. The second-order valence-electron chi connectivity index (χ2n) is 5.68. The first-order valence-corrected chi connectivity index (χ1v) is 7.87. The zero-order valence-electron chi connectivity index (χ0n) is 12.9. The molecule has 3 heteroatoms. The Hall–Kier alpha value is -1.06. The largest absolute Gasteiger partial charge is 0.385 e. The van der Waals surface area contributed by atoms with Crippen molar-refractivity contribution in [3.8, 4) is 0 Å². The number of ether oxygens (including phenoxy) is 1. The number of rotatable bonds is 7. The molecule has 0 saturated heterocycles. The monoisotopic (exact) mass is 276 g/mol. The second kappa shape index (κ2) is 8.28. The van der Waals surface area contributed by atoms with Crippen LogP contribution in [0.1, 0.15) is 31.7 Å². The third kappa shape index (κ3) is 4.22. The van der Waals surface area contributed by atoms with Crippen molar-refractivity contribution in [1.29, 1.82) is 0 Å². The van der Waals surface area contributed by atoms with E-state index < -0.39 is 0 Å². The van der Waals surface area contributed by atoms with Crippen LogP contribution in [-0.2, 0) is 11.2 Å². The highest BCUT2D eigenvalue weighted by Crippen LogP contribution is 2.27. The first-order chi connectivity index (χ1) is 9.83. The van der Waals surface area contributed by atoms with Crippen LogP contribution in [0.25, 0.3) is 0 Å². The van der Waals surface area contributed by atoms with E-state index in [0.717, 1.165) is 26.1 Å². The molecule has 112 valence electrons. The quantitative estimate of drug-likeness (QED) is 0.775. The number of anilines is 1. The molecule has 1 aromatic rings. The molecule has 0 spiro atoms. The van der Waals surface area contributed by atoms with Crippen LogP contribution in [0.15, 0.2) is 24.3 Å². The van der Waals surface area contributed by atoms with E-state index in [1.165, 1.54) is 37.1 Å². The summed E-state index contributed by atoms with van der Waals surface area (Å²) in [7, 11) is 1.76. The number of hydrogen-bond donors (Lipinski definition) is 1. The van der Waals surface area contributed by atoms with Gasteiger partial charge in [-0.1, -0.05) is 18.2 Å². The average Bonchev–Trinajstić information content (AvgIpc) is 2.69. The van der Waals surface area contributed by atoms with Gasteiger partial charge in [-0.05, 0) is 50.8 Å². The SMILES string of the molecule is COCCCNCC(C)N1CCCCc2ccccc21. The molecule has 0 bridgehead atoms. The summed E-state index contributed by atoms with van der Waals surface area (Å²) in [5, 5.41) is 3.55. The van der Waals surface area contributed by atoms with Crippen molar-refractivity contribution in [2.45, 2.75) is 38.6 Å². The summed E-state index contributed by atoms with van der Waals surface area (Å²) in [6, 6.07) is 9.43. The maximum absolute atomic E-state index is 5.08. The normalized spacial score (nSPS) is 16.6. The van der Waals surface area contributed by atoms with Gasteiger partial charge in [-0.15, -0.1) is 0 Å². The summed E-state index contributed by atoms with van der Waals surface area (Å²) >= 11 is 0. The summed E-state index contributed by atoms with van der Waals surface area (Å²) in [4.78, 5) is 2.58. The Morgan fingerprint density at radius 2 is 2.15 bits per heavy atom. The third-order valence-corrected chi connectivity index (χ3v) is 4.07. The molecule has 1 atom stereocenters. The molecule has 1 unspecified atom stereocenters. The van der Waals surface area contributed by atoms with E-state index in [1.54, 1.807) is 7.11 Å². The van der Waals surface area contributed by atoms with E-state index in [4.69, 9.17) is 4.74 Å². The van der Waals surface area contributed by atoms with Gasteiger partial charge in [0.15, 0.2) is 0 Å². The average molecular weight is 276 g/mol. The Morgan fingerprint density at radius 3 is 3.00 bits per heavy atom. The van der Waals surface area contributed by atoms with Gasteiger partial charge in [-0.3, -0.25) is 0 Å². The van der Waals surface area contributed by atoms with Crippen LogP contribution in [0.2, 0.25) is 0 Å². The molecule has 1 N–H and O–H groups in total. The Balaban J connectivity index is 1.90. The maximum atomic E-state index is 5.08. The van der Waals surface area contributed by atoms with Crippen molar-refractivity contribution in [3.63, 3.8) is 0 Å². The lowest BCUT2D eigenvalue weighted by Gasteiger charge is -2.31. The van der Waals surface area contributed by atoms with E-state index >= 15 is 0 Å². The predicted octanol–water partition coefficient (Wildman–Crippen LogP) is 2.84. The third-order valence-electron chi connectivity index (χ3n) is 4.07. The van der Waals surface area contributed by atoms with E-state index in [0.29, 0.717) is 6.04 Å². The van der Waals surface area contributed by atoms with Gasteiger partial charge in [0, 0.05) is 38.5 Å². The summed E-state index contributed by atoms with van der Waals surface area (Å²) in [5.74, 6) is 0. The van der Waals surface area contributed by atoms with Gasteiger partial charge in [0.25, 0.3) is 0 Å². The number of hydrogen-bond acceptors (Lipinski definition) is 3. The van der Waals surface area contributed by atoms with E-state index in [2.05, 4.69) is 41.4 Å². The zero-order valence-corrected chi connectivity index (χ0v) is 12.9. The van der Waals surface area contributed by atoms with Crippen LogP contribution in [-0.4, -0.2) is 39.4 Å². The molecule has 0 aromatic heterocycles. The van der Waals surface area contributed by atoms with E-state index in [-0.39, 0.29) is 0 Å². The fourth-order valence-electron chi connectivity index (χ4n) is 2.94. The standard InChI is InChI=1S/C17H28N2O/c1-15(14-18-11-7-13-20-2)19-12-6-5-9-16-8-3-4-10-17(16)19/h3-4,8,10,15,18H,5-7,9,11-14H2,1-2H3. The highest BCUT2D eigenvalue weighted by molar-refractivity contribution is 5.55. The topological polar surface area (TPSA) is 24.5 Å². The van der Waals surface area contributed by atoms with Crippen molar-refractivity contribution >= 4 is 5.69 Å². The van der Waals surface area contributed by atoms with Gasteiger partial charge in [-0.2, -0.15) is 0 Å². The van der Waals surface area contributed by atoms with E-state index in [9.17, 15) is 0 Å². The van der Waals surface area contributed by atoms with Gasteiger partial charge in [0.05, 0.1) is 0 Å². The lowest BCUT2D eigenvalue weighted by molar-refractivity contribution is 0.194. The van der Waals surface area contributed by atoms with Crippen molar-refractivity contribution in [3.05, 3.63) is 29.8 Å². The van der Waals surface area contributed by atoms with Crippen LogP contribution in [0, 0.1) is 0 Å². The molecule has 1 heterocycles. The maximum Gasteiger partial charge on any atom is 0.0474 e. The number of para-hydroxylation sites is 1. The van der Waals surface area contributed by atoms with Gasteiger partial charge >= 0.3 is 0 Å². The number of methoxy groups -OCH3 is 1. The van der Waals surface area contributed by atoms with Crippen LogP contribution in [0.4, 0.5) is 5.69 Å². The number of nitrogens with zero attached hydrogens (tertiary/aromatic N) is 1. The fraction of sp³-hybridized carbons (Fsp3) is 0.647. The summed E-state index contributed by atoms with van der Waals surface area (Å²) in [6.45, 7) is 6.42. The van der Waals surface area contributed by atoms with Crippen LogP contribution < -0.4 is 10.2 Å². The molecule has 1 aromatic carbocycles. The summed E-state index contributed by atoms with van der Waals surface area (Å²) in [5.41, 5.74) is 2.95. The predicted molar refractivity (Wildman–Crippen MR) is 85.6 cm³/mol. The lowest BCUT2D eigenvalue weighted by atomic mass is 10.1. The molecule has 0 radical (unpaired) electrons. The molecular weight excluding hydrogens is 248 g/mol. The van der Waals surface area contributed by atoms with Crippen LogP contribution >= 0.6 is 0 Å². The zero-order chi connectivity index (χ0) is 14.2. The minimum atomic E-state index is 0.539. The Labute approximate surface area is 123 Å². The van der Waals surface area contributed by atoms with Crippen molar-refractivity contribution in [1.82, 2.24) is 5.32 Å². The van der Waals surface area contributed by atoms with Crippen LogP contribution in [0.3, 0.4) is 0 Å². The molecule has 0 aliphatic carbocycles. The van der Waals surface area contributed by atoms with E-state index in [1.807, 2.05) is 0 Å². The smallest absolute Gasteiger partial charge is 0.0474 e. The van der Waals surface area contributed by atoms with Gasteiger partial charge in [0.1, 0.15) is 0 Å². The Morgan fingerprint density at radius 1 is 1.30 bits per heavy atom. The van der Waals surface area contributed by atoms with Crippen LogP contribution in [0.5, 0.6) is 0 Å². The van der Waals surface area contributed by atoms with Gasteiger partial charge in [0.2, 0.25) is 0 Å². The molecule has 0 fully saturated rings. The molecule has 1 aliphatic heterocycles. The van der Waals surface area contributed by atoms with Gasteiger partial charge < -0.3 is 15.0 Å². The number of benzene rings is 1. The second-order valence-corrected chi connectivity index (χ2v) is 5.68. The first kappa shape index (κ1) is 15.3. The molecule has 2 rings (SSSR count). The summed E-state index contributed by atoms with van der Waals surface area (Å²) < 4.78 is 5.08. The minimum Gasteiger partial charge on any atom is -0.385 e. The first-order valence-electron chi connectivity index (χ1n) is 7.87. The fourth-order valence-corrected chi connectivity index (χ4v) is 2.94. The van der Waals surface area contributed by atoms with Crippen molar-refractivity contribution < 1.29 is 4.74 Å². The Kier molecular flexibility index (Phi) is 6.34. The number of nitrogens with one attached hydrogen (secondary N) is 1. The molecule has 20 heavy (non-hydrogen) atoms. The molecule has 1 aliphatic rings. The van der Waals surface area contributed by atoms with Crippen molar-refractivity contribution in [2.24, 2.45) is 0 Å². The molecular formula is C17H28N2O. The number of aryl methyl sites for hydroxylation is 1. The highest BCUT2D eigenvalue weighted by Gasteiger charge is 2.19. The Bertz CT molecular complexity index is 394.